The number of hydrogen-bond donors (Lipinski definition) is 0. The molecule has 0 atom stereocenters. The lowest BCUT2D eigenvalue weighted by molar-refractivity contribution is 1.21. The Morgan fingerprint density at radius 2 is 2.17 bits per heavy atom. The first-order valence-corrected chi connectivity index (χ1v) is 3.93. The second-order valence-electron chi connectivity index (χ2n) is 2.48. The summed E-state index contributed by atoms with van der Waals surface area (Å²) < 4.78 is 0. The van der Waals surface area contributed by atoms with Crippen LogP contribution in [0.25, 0.3) is 0 Å². The number of hydrogen-bond acceptors (Lipinski definition) is 1. The van der Waals surface area contributed by atoms with E-state index >= 15 is 0 Å². The SMILES string of the molecule is C=C(C#N)Cc1ccccc1Cl. The van der Waals surface area contributed by atoms with Gasteiger partial charge in [0, 0.05) is 17.0 Å². The van der Waals surface area contributed by atoms with E-state index in [-0.39, 0.29) is 0 Å². The van der Waals surface area contributed by atoms with E-state index in [9.17, 15) is 0 Å². The molecule has 12 heavy (non-hydrogen) atoms. The Labute approximate surface area is 76.9 Å². The van der Waals surface area contributed by atoms with Crippen LogP contribution in [-0.2, 0) is 6.42 Å². The van der Waals surface area contributed by atoms with E-state index in [2.05, 4.69) is 6.58 Å². The Hall–Kier alpha value is -1.26. The standard InChI is InChI=1S/C10H8ClN/c1-8(7-12)6-9-4-2-3-5-10(9)11/h2-5H,1,6H2. The van der Waals surface area contributed by atoms with Crippen molar-refractivity contribution in [1.29, 1.82) is 5.26 Å². The molecule has 0 saturated carbocycles. The van der Waals surface area contributed by atoms with Gasteiger partial charge in [0.2, 0.25) is 0 Å². The van der Waals surface area contributed by atoms with E-state index in [4.69, 9.17) is 16.9 Å². The summed E-state index contributed by atoms with van der Waals surface area (Å²) in [5, 5.41) is 9.18. The minimum absolute atomic E-state index is 0.531. The highest BCUT2D eigenvalue weighted by Gasteiger charge is 1.99. The van der Waals surface area contributed by atoms with Crippen molar-refractivity contribution in [2.24, 2.45) is 0 Å². The van der Waals surface area contributed by atoms with Crippen molar-refractivity contribution in [1.82, 2.24) is 0 Å². The maximum absolute atomic E-state index is 8.49. The number of halogens is 1. The molecule has 0 saturated heterocycles. The summed E-state index contributed by atoms with van der Waals surface area (Å²) in [4.78, 5) is 0. The lowest BCUT2D eigenvalue weighted by Gasteiger charge is -2.00. The molecular formula is C10H8ClN. The van der Waals surface area contributed by atoms with Gasteiger partial charge in [-0.25, -0.2) is 0 Å². The second-order valence-corrected chi connectivity index (χ2v) is 2.89. The summed E-state index contributed by atoms with van der Waals surface area (Å²) in [6.07, 6.45) is 0.538. The Morgan fingerprint density at radius 1 is 1.50 bits per heavy atom. The van der Waals surface area contributed by atoms with E-state index in [0.717, 1.165) is 5.56 Å². The van der Waals surface area contributed by atoms with E-state index in [1.165, 1.54) is 0 Å². The fourth-order valence-corrected chi connectivity index (χ4v) is 1.11. The molecular weight excluding hydrogens is 170 g/mol. The van der Waals surface area contributed by atoms with Crippen molar-refractivity contribution < 1.29 is 0 Å². The van der Waals surface area contributed by atoms with Crippen molar-refractivity contribution in [2.45, 2.75) is 6.42 Å². The third-order valence-corrected chi connectivity index (χ3v) is 1.89. The van der Waals surface area contributed by atoms with Crippen LogP contribution in [0.3, 0.4) is 0 Å². The smallest absolute Gasteiger partial charge is 0.0944 e. The Morgan fingerprint density at radius 3 is 2.75 bits per heavy atom. The number of rotatable bonds is 2. The van der Waals surface area contributed by atoms with Crippen LogP contribution in [0, 0.1) is 11.3 Å². The van der Waals surface area contributed by atoms with Gasteiger partial charge in [0.05, 0.1) is 6.07 Å². The highest BCUT2D eigenvalue weighted by Crippen LogP contribution is 2.17. The van der Waals surface area contributed by atoms with Crippen molar-refractivity contribution in [2.75, 3.05) is 0 Å². The lowest BCUT2D eigenvalue weighted by Crippen LogP contribution is -1.87. The van der Waals surface area contributed by atoms with Gasteiger partial charge >= 0.3 is 0 Å². The molecule has 0 aliphatic carbocycles. The Balaban J connectivity index is 2.84. The number of nitrogens with zero attached hydrogens (tertiary/aromatic N) is 1. The topological polar surface area (TPSA) is 23.8 Å². The van der Waals surface area contributed by atoms with Gasteiger partial charge in [-0.2, -0.15) is 5.26 Å². The van der Waals surface area contributed by atoms with Gasteiger partial charge < -0.3 is 0 Å². The van der Waals surface area contributed by atoms with Crippen molar-refractivity contribution in [3.05, 3.63) is 47.0 Å². The summed E-state index contributed by atoms with van der Waals surface area (Å²) in [5.74, 6) is 0. The number of allylic oxidation sites excluding steroid dienone is 1. The number of nitriles is 1. The van der Waals surface area contributed by atoms with Crippen LogP contribution in [0.15, 0.2) is 36.4 Å². The van der Waals surface area contributed by atoms with Gasteiger partial charge in [-0.3, -0.25) is 0 Å². The molecule has 1 aromatic carbocycles. The van der Waals surface area contributed by atoms with Crippen LogP contribution < -0.4 is 0 Å². The molecule has 0 aliphatic heterocycles. The molecule has 0 spiro atoms. The fraction of sp³-hybridized carbons (Fsp3) is 0.100. The molecule has 0 amide bonds. The molecule has 2 heteroatoms. The normalized spacial score (nSPS) is 9.00. The quantitative estimate of drug-likeness (QED) is 0.638. The molecule has 0 aliphatic rings. The fourth-order valence-electron chi connectivity index (χ4n) is 0.911. The molecule has 1 rings (SSSR count). The van der Waals surface area contributed by atoms with Crippen LogP contribution in [0.2, 0.25) is 5.02 Å². The van der Waals surface area contributed by atoms with Crippen molar-refractivity contribution >= 4 is 11.6 Å². The molecule has 0 unspecified atom stereocenters. The predicted molar refractivity (Wildman–Crippen MR) is 49.9 cm³/mol. The zero-order valence-corrected chi connectivity index (χ0v) is 7.30. The van der Waals surface area contributed by atoms with E-state index in [0.29, 0.717) is 17.0 Å². The summed E-state index contributed by atoms with van der Waals surface area (Å²) in [6.45, 7) is 3.59. The summed E-state index contributed by atoms with van der Waals surface area (Å²) >= 11 is 5.87. The minimum atomic E-state index is 0.531. The largest absolute Gasteiger partial charge is 0.193 e. The van der Waals surface area contributed by atoms with Gasteiger partial charge in [-0.05, 0) is 11.6 Å². The molecule has 0 aromatic heterocycles. The molecule has 1 aromatic rings. The average molecular weight is 178 g/mol. The van der Waals surface area contributed by atoms with Crippen LogP contribution in [0.1, 0.15) is 5.56 Å². The molecule has 0 heterocycles. The van der Waals surface area contributed by atoms with Crippen molar-refractivity contribution in [3.8, 4) is 6.07 Å². The summed E-state index contributed by atoms with van der Waals surface area (Å²) in [5.41, 5.74) is 1.48. The van der Waals surface area contributed by atoms with Crippen LogP contribution in [0.5, 0.6) is 0 Å². The molecule has 0 bridgehead atoms. The Kier molecular flexibility index (Phi) is 2.90. The van der Waals surface area contributed by atoms with Crippen molar-refractivity contribution in [3.63, 3.8) is 0 Å². The number of benzene rings is 1. The average Bonchev–Trinajstić information content (AvgIpc) is 2.09. The first kappa shape index (κ1) is 8.83. The first-order chi connectivity index (χ1) is 5.74. The van der Waals surface area contributed by atoms with Gasteiger partial charge in [0.15, 0.2) is 0 Å². The monoisotopic (exact) mass is 177 g/mol. The maximum Gasteiger partial charge on any atom is 0.0944 e. The maximum atomic E-state index is 8.49. The lowest BCUT2D eigenvalue weighted by atomic mass is 10.1. The summed E-state index contributed by atoms with van der Waals surface area (Å²) in [7, 11) is 0. The van der Waals surface area contributed by atoms with E-state index in [1.54, 1.807) is 0 Å². The molecule has 1 nitrogen and oxygen atoms in total. The summed E-state index contributed by atoms with van der Waals surface area (Å²) in [6, 6.07) is 9.45. The van der Waals surface area contributed by atoms with Gasteiger partial charge in [-0.15, -0.1) is 0 Å². The third-order valence-electron chi connectivity index (χ3n) is 1.52. The van der Waals surface area contributed by atoms with Crippen LogP contribution in [-0.4, -0.2) is 0 Å². The molecule has 0 N–H and O–H groups in total. The van der Waals surface area contributed by atoms with Crippen LogP contribution >= 0.6 is 11.6 Å². The second kappa shape index (κ2) is 3.94. The Bertz CT molecular complexity index is 336. The van der Waals surface area contributed by atoms with E-state index < -0.39 is 0 Å². The zero-order valence-electron chi connectivity index (χ0n) is 6.55. The van der Waals surface area contributed by atoms with Crippen LogP contribution in [0.4, 0.5) is 0 Å². The zero-order chi connectivity index (χ0) is 8.97. The van der Waals surface area contributed by atoms with E-state index in [1.807, 2.05) is 30.3 Å². The predicted octanol–water partition coefficient (Wildman–Crippen LogP) is 2.96. The minimum Gasteiger partial charge on any atom is -0.193 e. The first-order valence-electron chi connectivity index (χ1n) is 3.55. The molecule has 0 radical (unpaired) electrons. The highest BCUT2D eigenvalue weighted by atomic mass is 35.5. The highest BCUT2D eigenvalue weighted by molar-refractivity contribution is 6.31. The van der Waals surface area contributed by atoms with Gasteiger partial charge in [0.25, 0.3) is 0 Å². The third kappa shape index (κ3) is 2.11. The molecule has 60 valence electrons. The van der Waals surface area contributed by atoms with Gasteiger partial charge in [-0.1, -0.05) is 36.4 Å². The molecule has 0 fully saturated rings. The van der Waals surface area contributed by atoms with Gasteiger partial charge in [0.1, 0.15) is 0 Å².